The van der Waals surface area contributed by atoms with Crippen molar-refractivity contribution in [2.75, 3.05) is 43.1 Å². The van der Waals surface area contributed by atoms with Gasteiger partial charge in [-0.2, -0.15) is 15.0 Å². The first kappa shape index (κ1) is 25.3. The van der Waals surface area contributed by atoms with Gasteiger partial charge in [0.15, 0.2) is 0 Å². The van der Waals surface area contributed by atoms with Gasteiger partial charge in [0.1, 0.15) is 6.21 Å². The summed E-state index contributed by atoms with van der Waals surface area (Å²) < 4.78 is 4.93. The van der Waals surface area contributed by atoms with Crippen LogP contribution < -0.4 is 10.2 Å². The van der Waals surface area contributed by atoms with E-state index in [1.165, 1.54) is 6.42 Å². The number of aliphatic hydroxyl groups is 1. The molecule has 0 spiro atoms. The SMILES string of the molecule is CCOC(=O)C=Nc1nc(NC2CC(C)(C)N(CCO)C(C)(C)C2)nc(N2CCCCC2)n1. The minimum Gasteiger partial charge on any atom is -0.462 e. The number of hydrogen-bond acceptors (Lipinski definition) is 10. The Hall–Kier alpha value is -2.33. The van der Waals surface area contributed by atoms with Crippen LogP contribution in [-0.4, -0.2) is 87.1 Å². The second-order valence-electron chi connectivity index (χ2n) is 10.1. The van der Waals surface area contributed by atoms with Crippen molar-refractivity contribution in [3.8, 4) is 0 Å². The zero-order valence-electron chi connectivity index (χ0n) is 20.7. The van der Waals surface area contributed by atoms with Crippen molar-refractivity contribution in [1.82, 2.24) is 19.9 Å². The van der Waals surface area contributed by atoms with Gasteiger partial charge < -0.3 is 20.1 Å². The third-order valence-electron chi connectivity index (χ3n) is 6.43. The number of aliphatic hydroxyl groups excluding tert-OH is 1. The van der Waals surface area contributed by atoms with Crippen LogP contribution in [0.5, 0.6) is 0 Å². The number of likely N-dealkylation sites (tertiary alicyclic amines) is 1. The van der Waals surface area contributed by atoms with Crippen LogP contribution in [0.4, 0.5) is 17.8 Å². The number of nitrogens with one attached hydrogen (secondary N) is 1. The molecule has 0 aliphatic carbocycles. The molecule has 0 amide bonds. The number of ether oxygens (including phenoxy) is 1. The lowest BCUT2D eigenvalue weighted by atomic mass is 9.77. The molecule has 0 unspecified atom stereocenters. The number of β-amino-alcohol motifs (C(OH)–C–C–N with tert-alkyl or cyclic N) is 1. The van der Waals surface area contributed by atoms with Crippen LogP contribution in [-0.2, 0) is 9.53 Å². The first-order valence-electron chi connectivity index (χ1n) is 12.0. The van der Waals surface area contributed by atoms with Crippen molar-refractivity contribution >= 4 is 30.0 Å². The summed E-state index contributed by atoms with van der Waals surface area (Å²) in [5, 5.41) is 13.1. The molecule has 2 fully saturated rings. The number of piperidine rings is 2. The molecule has 2 aliphatic heterocycles. The molecule has 2 saturated heterocycles. The highest BCUT2D eigenvalue weighted by molar-refractivity contribution is 6.23. The molecule has 0 aromatic carbocycles. The summed E-state index contributed by atoms with van der Waals surface area (Å²) >= 11 is 0. The maximum Gasteiger partial charge on any atom is 0.349 e. The molecule has 0 atom stereocenters. The van der Waals surface area contributed by atoms with E-state index in [9.17, 15) is 9.90 Å². The zero-order chi connectivity index (χ0) is 24.1. The molecule has 0 bridgehead atoms. The Morgan fingerprint density at radius 3 is 2.42 bits per heavy atom. The van der Waals surface area contributed by atoms with E-state index in [0.29, 0.717) is 18.4 Å². The van der Waals surface area contributed by atoms with Crippen LogP contribution in [0.25, 0.3) is 0 Å². The highest BCUT2D eigenvalue weighted by Crippen LogP contribution is 2.39. The Morgan fingerprint density at radius 2 is 1.82 bits per heavy atom. The number of carbonyl (C=O) groups is 1. The fourth-order valence-corrected chi connectivity index (χ4v) is 5.31. The van der Waals surface area contributed by atoms with E-state index in [2.05, 4.69) is 57.8 Å². The summed E-state index contributed by atoms with van der Waals surface area (Å²) in [6.07, 6.45) is 6.27. The molecule has 3 rings (SSSR count). The lowest BCUT2D eigenvalue weighted by molar-refractivity contribution is -0.134. The largest absolute Gasteiger partial charge is 0.462 e. The van der Waals surface area contributed by atoms with Gasteiger partial charge in [-0.1, -0.05) is 0 Å². The predicted octanol–water partition coefficient (Wildman–Crippen LogP) is 2.55. The molecule has 0 radical (unpaired) electrons. The second kappa shape index (κ2) is 10.7. The van der Waals surface area contributed by atoms with Gasteiger partial charge in [0, 0.05) is 36.8 Å². The Balaban J connectivity index is 1.85. The van der Waals surface area contributed by atoms with Gasteiger partial charge in [-0.25, -0.2) is 9.79 Å². The lowest BCUT2D eigenvalue weighted by Gasteiger charge is -2.55. The number of aromatic nitrogens is 3. The quantitative estimate of drug-likeness (QED) is 0.445. The summed E-state index contributed by atoms with van der Waals surface area (Å²) in [6, 6.07) is 0.142. The molecular weight excluding hydrogens is 422 g/mol. The van der Waals surface area contributed by atoms with Crippen LogP contribution in [0.2, 0.25) is 0 Å². The average molecular weight is 462 g/mol. The third kappa shape index (κ3) is 6.60. The van der Waals surface area contributed by atoms with Crippen LogP contribution in [0, 0.1) is 0 Å². The van der Waals surface area contributed by atoms with Gasteiger partial charge in [0.05, 0.1) is 13.2 Å². The number of anilines is 2. The fraction of sp³-hybridized carbons (Fsp3) is 0.783. The predicted molar refractivity (Wildman–Crippen MR) is 129 cm³/mol. The Labute approximate surface area is 196 Å². The molecule has 10 nitrogen and oxygen atoms in total. The standard InChI is InChI=1S/C23H39N7O3/c1-6-33-18(32)16-24-19-26-20(28-21(27-19)29-10-8-7-9-11-29)25-17-14-22(2,3)30(12-13-31)23(4,5)15-17/h16-17,31H,6-15H2,1-5H3,(H,25,26,27,28). The Kier molecular flexibility index (Phi) is 8.23. The second-order valence-corrected chi connectivity index (χ2v) is 10.1. The van der Waals surface area contributed by atoms with E-state index in [0.717, 1.165) is 45.0 Å². The number of aliphatic imine (C=N–C) groups is 1. The van der Waals surface area contributed by atoms with Crippen molar-refractivity contribution in [3.05, 3.63) is 0 Å². The van der Waals surface area contributed by atoms with E-state index in [4.69, 9.17) is 9.72 Å². The lowest BCUT2D eigenvalue weighted by Crippen LogP contribution is -2.63. The summed E-state index contributed by atoms with van der Waals surface area (Å²) in [6.45, 7) is 13.4. The molecule has 10 heteroatoms. The highest BCUT2D eigenvalue weighted by Gasteiger charge is 2.45. The highest BCUT2D eigenvalue weighted by atomic mass is 16.5. The van der Waals surface area contributed by atoms with Gasteiger partial charge in [0.25, 0.3) is 5.95 Å². The van der Waals surface area contributed by atoms with Crippen LogP contribution in [0.15, 0.2) is 4.99 Å². The first-order valence-corrected chi connectivity index (χ1v) is 12.0. The van der Waals surface area contributed by atoms with Gasteiger partial charge in [-0.15, -0.1) is 0 Å². The molecule has 2 aliphatic rings. The van der Waals surface area contributed by atoms with Crippen LogP contribution in [0.1, 0.15) is 66.7 Å². The van der Waals surface area contributed by atoms with E-state index >= 15 is 0 Å². The Bertz CT molecular complexity index is 819. The Morgan fingerprint density at radius 1 is 1.15 bits per heavy atom. The van der Waals surface area contributed by atoms with Crippen molar-refractivity contribution in [2.45, 2.75) is 83.8 Å². The summed E-state index contributed by atoms with van der Waals surface area (Å²) in [5.74, 6) is 0.720. The van der Waals surface area contributed by atoms with Crippen molar-refractivity contribution in [1.29, 1.82) is 0 Å². The van der Waals surface area contributed by atoms with Gasteiger partial charge in [-0.05, 0) is 66.7 Å². The summed E-state index contributed by atoms with van der Waals surface area (Å²) in [4.78, 5) is 34.1. The van der Waals surface area contributed by atoms with E-state index < -0.39 is 5.97 Å². The topological polar surface area (TPSA) is 116 Å². The minimum atomic E-state index is -0.522. The molecule has 33 heavy (non-hydrogen) atoms. The smallest absolute Gasteiger partial charge is 0.349 e. The number of carbonyl (C=O) groups excluding carboxylic acids is 1. The fourth-order valence-electron chi connectivity index (χ4n) is 5.31. The number of hydrogen-bond donors (Lipinski definition) is 2. The van der Waals surface area contributed by atoms with E-state index in [-0.39, 0.29) is 36.3 Å². The maximum atomic E-state index is 11.7. The molecule has 1 aromatic heterocycles. The van der Waals surface area contributed by atoms with Gasteiger partial charge in [-0.3, -0.25) is 4.90 Å². The zero-order valence-corrected chi connectivity index (χ0v) is 20.7. The van der Waals surface area contributed by atoms with E-state index in [1.54, 1.807) is 6.92 Å². The van der Waals surface area contributed by atoms with E-state index in [1.807, 2.05) is 0 Å². The number of nitrogens with zero attached hydrogens (tertiary/aromatic N) is 6. The molecule has 184 valence electrons. The first-order chi connectivity index (χ1) is 15.6. The minimum absolute atomic E-state index is 0.101. The molecular formula is C23H39N7O3. The summed E-state index contributed by atoms with van der Waals surface area (Å²) in [7, 11) is 0. The van der Waals surface area contributed by atoms with Crippen molar-refractivity contribution < 1.29 is 14.6 Å². The average Bonchev–Trinajstić information content (AvgIpc) is 2.75. The van der Waals surface area contributed by atoms with Gasteiger partial charge in [0.2, 0.25) is 11.9 Å². The van der Waals surface area contributed by atoms with Crippen LogP contribution >= 0.6 is 0 Å². The molecule has 3 heterocycles. The molecule has 1 aromatic rings. The molecule has 2 N–H and O–H groups in total. The van der Waals surface area contributed by atoms with Gasteiger partial charge >= 0.3 is 5.97 Å². The number of rotatable bonds is 8. The van der Waals surface area contributed by atoms with Crippen LogP contribution in [0.3, 0.4) is 0 Å². The number of esters is 1. The van der Waals surface area contributed by atoms with Crippen molar-refractivity contribution in [3.63, 3.8) is 0 Å². The van der Waals surface area contributed by atoms with Crippen molar-refractivity contribution in [2.24, 2.45) is 4.99 Å². The molecule has 0 saturated carbocycles. The summed E-state index contributed by atoms with van der Waals surface area (Å²) in [5.41, 5.74) is -0.203. The normalized spacial score (nSPS) is 21.3. The third-order valence-corrected chi connectivity index (χ3v) is 6.43. The maximum absolute atomic E-state index is 11.7. The monoisotopic (exact) mass is 461 g/mol.